The molecule has 0 unspecified atom stereocenters. The summed E-state index contributed by atoms with van der Waals surface area (Å²) in [5.74, 6) is 0.968. The van der Waals surface area contributed by atoms with E-state index in [4.69, 9.17) is 14.5 Å². The van der Waals surface area contributed by atoms with Gasteiger partial charge in [0.25, 0.3) is 0 Å². The first-order chi connectivity index (χ1) is 17.0. The fourth-order valence-electron chi connectivity index (χ4n) is 4.48. The van der Waals surface area contributed by atoms with E-state index in [-0.39, 0.29) is 11.3 Å². The minimum atomic E-state index is -0.485. The second kappa shape index (κ2) is 11.8. The lowest BCUT2D eigenvalue weighted by Gasteiger charge is -2.17. The summed E-state index contributed by atoms with van der Waals surface area (Å²) in [4.78, 5) is 20.1. The second-order valence-electron chi connectivity index (χ2n) is 9.03. The molecule has 0 spiro atoms. The molecule has 184 valence electrons. The van der Waals surface area contributed by atoms with Crippen LogP contribution in [0.3, 0.4) is 0 Å². The molecule has 1 fully saturated rings. The van der Waals surface area contributed by atoms with Crippen LogP contribution in [0.4, 0.5) is 0 Å². The Kier molecular flexibility index (Phi) is 8.37. The van der Waals surface area contributed by atoms with Crippen molar-refractivity contribution in [3.63, 3.8) is 0 Å². The number of aromatic nitrogens is 1. The Morgan fingerprint density at radius 1 is 1.03 bits per heavy atom. The molecule has 6 heteroatoms. The zero-order chi connectivity index (χ0) is 24.6. The standard InChI is InChI=1S/C29H34N2O4/c1-3-10-25-28(32)27(29(33)34-18-17-31-15-7-8-16-31)21(2)26(30-25)20-22-11-9-14-24(19-22)35-23-12-5-4-6-13-23/h4-6,9,11-14,19,32H,3,7-8,10,15-18,20H2,1-2H3. The number of esters is 1. The molecule has 0 amide bonds. The van der Waals surface area contributed by atoms with Crippen LogP contribution in [0.25, 0.3) is 0 Å². The lowest BCUT2D eigenvalue weighted by Crippen LogP contribution is -2.25. The normalized spacial score (nSPS) is 13.7. The maximum atomic E-state index is 13.0. The first kappa shape index (κ1) is 24.7. The minimum absolute atomic E-state index is 0.0552. The Labute approximate surface area is 207 Å². The number of pyridine rings is 1. The van der Waals surface area contributed by atoms with E-state index < -0.39 is 5.97 Å². The summed E-state index contributed by atoms with van der Waals surface area (Å²) in [6.07, 6.45) is 4.30. The fourth-order valence-corrected chi connectivity index (χ4v) is 4.48. The van der Waals surface area contributed by atoms with Crippen molar-refractivity contribution < 1.29 is 19.4 Å². The molecule has 0 bridgehead atoms. The zero-order valence-corrected chi connectivity index (χ0v) is 20.6. The summed E-state index contributed by atoms with van der Waals surface area (Å²) in [7, 11) is 0. The van der Waals surface area contributed by atoms with Crippen molar-refractivity contribution in [2.24, 2.45) is 0 Å². The van der Waals surface area contributed by atoms with E-state index in [9.17, 15) is 9.90 Å². The molecule has 0 saturated carbocycles. The van der Waals surface area contributed by atoms with Crippen molar-refractivity contribution in [2.75, 3.05) is 26.2 Å². The number of hydrogen-bond donors (Lipinski definition) is 1. The van der Waals surface area contributed by atoms with Gasteiger partial charge >= 0.3 is 5.97 Å². The highest BCUT2D eigenvalue weighted by Crippen LogP contribution is 2.30. The van der Waals surface area contributed by atoms with Gasteiger partial charge in [-0.3, -0.25) is 9.88 Å². The molecule has 1 N–H and O–H groups in total. The molecule has 1 aliphatic heterocycles. The lowest BCUT2D eigenvalue weighted by molar-refractivity contribution is 0.0467. The minimum Gasteiger partial charge on any atom is -0.505 e. The maximum Gasteiger partial charge on any atom is 0.342 e. The van der Waals surface area contributed by atoms with Gasteiger partial charge < -0.3 is 14.6 Å². The molecule has 2 aromatic carbocycles. The van der Waals surface area contributed by atoms with Gasteiger partial charge in [0.1, 0.15) is 23.7 Å². The van der Waals surface area contributed by atoms with Gasteiger partial charge in [-0.1, -0.05) is 43.7 Å². The number of carbonyl (C=O) groups excluding carboxylic acids is 1. The molecule has 2 heterocycles. The van der Waals surface area contributed by atoms with Crippen LogP contribution in [0.15, 0.2) is 54.6 Å². The number of aromatic hydroxyl groups is 1. The largest absolute Gasteiger partial charge is 0.505 e. The van der Waals surface area contributed by atoms with Crippen LogP contribution < -0.4 is 4.74 Å². The highest BCUT2D eigenvalue weighted by Gasteiger charge is 2.24. The van der Waals surface area contributed by atoms with Crippen molar-refractivity contribution >= 4 is 5.97 Å². The smallest absolute Gasteiger partial charge is 0.342 e. The van der Waals surface area contributed by atoms with Gasteiger partial charge in [0.15, 0.2) is 5.75 Å². The van der Waals surface area contributed by atoms with Gasteiger partial charge in [-0.05, 0) is 74.7 Å². The van der Waals surface area contributed by atoms with E-state index >= 15 is 0 Å². The average Bonchev–Trinajstić information content (AvgIpc) is 3.37. The third-order valence-corrected chi connectivity index (χ3v) is 6.37. The number of likely N-dealkylation sites (tertiary alicyclic amines) is 1. The van der Waals surface area contributed by atoms with Crippen molar-refractivity contribution in [3.05, 3.63) is 82.7 Å². The molecule has 6 nitrogen and oxygen atoms in total. The molecule has 3 aromatic rings. The van der Waals surface area contributed by atoms with E-state index in [1.54, 1.807) is 0 Å². The fraction of sp³-hybridized carbons (Fsp3) is 0.379. The summed E-state index contributed by atoms with van der Waals surface area (Å²) in [6, 6.07) is 17.5. The Morgan fingerprint density at radius 3 is 2.51 bits per heavy atom. The van der Waals surface area contributed by atoms with E-state index in [1.807, 2.05) is 68.4 Å². The monoisotopic (exact) mass is 474 g/mol. The van der Waals surface area contributed by atoms with Gasteiger partial charge in [0, 0.05) is 18.7 Å². The summed E-state index contributed by atoms with van der Waals surface area (Å²) < 4.78 is 11.6. The van der Waals surface area contributed by atoms with Crippen molar-refractivity contribution in [2.45, 2.75) is 46.0 Å². The molecule has 0 atom stereocenters. The molecule has 0 aliphatic carbocycles. The quantitative estimate of drug-likeness (QED) is 0.381. The zero-order valence-electron chi connectivity index (χ0n) is 20.6. The number of aryl methyl sites for hydroxylation is 1. The van der Waals surface area contributed by atoms with Crippen LogP contribution in [0, 0.1) is 6.92 Å². The highest BCUT2D eigenvalue weighted by molar-refractivity contribution is 5.94. The molecular weight excluding hydrogens is 440 g/mol. The topological polar surface area (TPSA) is 71.9 Å². The van der Waals surface area contributed by atoms with Crippen molar-refractivity contribution in [1.82, 2.24) is 9.88 Å². The Bertz CT molecular complexity index is 1140. The van der Waals surface area contributed by atoms with Crippen LogP contribution >= 0.6 is 0 Å². The third-order valence-electron chi connectivity index (χ3n) is 6.37. The van der Waals surface area contributed by atoms with E-state index in [0.717, 1.165) is 48.8 Å². The summed E-state index contributed by atoms with van der Waals surface area (Å²) in [6.45, 7) is 7.00. The van der Waals surface area contributed by atoms with E-state index in [1.165, 1.54) is 12.8 Å². The number of para-hydroxylation sites is 1. The van der Waals surface area contributed by atoms with Gasteiger partial charge in [-0.25, -0.2) is 4.79 Å². The molecule has 0 radical (unpaired) electrons. The Morgan fingerprint density at radius 2 is 1.77 bits per heavy atom. The molecular formula is C29H34N2O4. The van der Waals surface area contributed by atoms with Gasteiger partial charge in [-0.15, -0.1) is 0 Å². The Hall–Kier alpha value is -3.38. The highest BCUT2D eigenvalue weighted by atomic mass is 16.5. The first-order valence-corrected chi connectivity index (χ1v) is 12.5. The van der Waals surface area contributed by atoms with E-state index in [0.29, 0.717) is 30.7 Å². The van der Waals surface area contributed by atoms with Gasteiger partial charge in [-0.2, -0.15) is 0 Å². The maximum absolute atomic E-state index is 13.0. The number of rotatable bonds is 10. The summed E-state index contributed by atoms with van der Waals surface area (Å²) in [5.41, 5.74) is 3.20. The molecule has 1 saturated heterocycles. The van der Waals surface area contributed by atoms with Crippen molar-refractivity contribution in [3.8, 4) is 17.2 Å². The summed E-state index contributed by atoms with van der Waals surface area (Å²) >= 11 is 0. The lowest BCUT2D eigenvalue weighted by atomic mass is 9.98. The van der Waals surface area contributed by atoms with E-state index in [2.05, 4.69) is 4.90 Å². The predicted octanol–water partition coefficient (Wildman–Crippen LogP) is 5.68. The molecule has 4 rings (SSSR count). The number of benzene rings is 2. The van der Waals surface area contributed by atoms with Crippen LogP contribution in [-0.4, -0.2) is 47.2 Å². The van der Waals surface area contributed by atoms with Crippen molar-refractivity contribution in [1.29, 1.82) is 0 Å². The van der Waals surface area contributed by atoms with Gasteiger partial charge in [0.2, 0.25) is 0 Å². The number of ether oxygens (including phenoxy) is 2. The van der Waals surface area contributed by atoms with Crippen LogP contribution in [-0.2, 0) is 17.6 Å². The van der Waals surface area contributed by atoms with Crippen LogP contribution in [0.2, 0.25) is 0 Å². The third kappa shape index (κ3) is 6.40. The number of nitrogens with zero attached hydrogens (tertiary/aromatic N) is 2. The second-order valence-corrected chi connectivity index (χ2v) is 9.03. The predicted molar refractivity (Wildman–Crippen MR) is 136 cm³/mol. The number of hydrogen-bond acceptors (Lipinski definition) is 6. The molecule has 1 aromatic heterocycles. The average molecular weight is 475 g/mol. The first-order valence-electron chi connectivity index (χ1n) is 12.5. The van der Waals surface area contributed by atoms with Crippen LogP contribution in [0.5, 0.6) is 17.2 Å². The van der Waals surface area contributed by atoms with Crippen LogP contribution in [0.1, 0.15) is 59.1 Å². The number of carbonyl (C=O) groups is 1. The Balaban J connectivity index is 1.54. The SMILES string of the molecule is CCCc1nc(Cc2cccc(Oc3ccccc3)c2)c(C)c(C(=O)OCCN2CCCC2)c1O. The molecule has 35 heavy (non-hydrogen) atoms. The summed E-state index contributed by atoms with van der Waals surface area (Å²) in [5, 5.41) is 10.9. The molecule has 1 aliphatic rings. The van der Waals surface area contributed by atoms with Gasteiger partial charge in [0.05, 0.1) is 5.69 Å².